The Labute approximate surface area is 65.3 Å². The van der Waals surface area contributed by atoms with Gasteiger partial charge in [-0.25, -0.2) is 0 Å². The van der Waals surface area contributed by atoms with Crippen LogP contribution >= 0.6 is 0 Å². The first-order chi connectivity index (χ1) is 3.41. The molecule has 55 valence electrons. The molecule has 0 bridgehead atoms. The SMILES string of the molecule is O=S(=O)([O-])[O-].O=S=O.[Mn+2]. The van der Waals surface area contributed by atoms with Crippen molar-refractivity contribution in [1.29, 1.82) is 0 Å². The van der Waals surface area contributed by atoms with Crippen molar-refractivity contribution >= 4 is 22.0 Å². The van der Waals surface area contributed by atoms with Crippen LogP contribution in [0.4, 0.5) is 0 Å². The fourth-order valence-corrected chi connectivity index (χ4v) is 0. The first-order valence-electron chi connectivity index (χ1n) is 1.00. The van der Waals surface area contributed by atoms with Crippen molar-refractivity contribution in [2.45, 2.75) is 0 Å². The Kier molecular flexibility index (Phi) is 14.7. The van der Waals surface area contributed by atoms with Gasteiger partial charge in [0.1, 0.15) is 0 Å². The molecule has 0 aromatic heterocycles. The molecule has 0 fully saturated rings. The minimum atomic E-state index is -5.17. The predicted molar refractivity (Wildman–Crippen MR) is 19.4 cm³/mol. The van der Waals surface area contributed by atoms with Crippen molar-refractivity contribution in [3.63, 3.8) is 0 Å². The zero-order chi connectivity index (χ0) is 7.21. The first kappa shape index (κ1) is 16.1. The van der Waals surface area contributed by atoms with E-state index in [0.29, 0.717) is 0 Å². The summed E-state index contributed by atoms with van der Waals surface area (Å²) in [6, 6.07) is 0. The first-order valence-corrected chi connectivity index (χ1v) is 3.00. The van der Waals surface area contributed by atoms with Gasteiger partial charge in [-0.1, -0.05) is 0 Å². The fourth-order valence-electron chi connectivity index (χ4n) is 0. The summed E-state index contributed by atoms with van der Waals surface area (Å²) in [5.41, 5.74) is 0. The van der Waals surface area contributed by atoms with E-state index in [1.165, 1.54) is 0 Å². The molecule has 0 N–H and O–H groups in total. The zero-order valence-electron chi connectivity index (χ0n) is 3.64. The van der Waals surface area contributed by atoms with Gasteiger partial charge < -0.3 is 9.11 Å². The molecule has 0 spiro atoms. The van der Waals surface area contributed by atoms with Gasteiger partial charge in [-0.2, -0.15) is 8.42 Å². The normalized spacial score (nSPS) is 7.78. The summed E-state index contributed by atoms with van der Waals surface area (Å²) in [4.78, 5) is 0. The van der Waals surface area contributed by atoms with Crippen LogP contribution in [0.2, 0.25) is 0 Å². The summed E-state index contributed by atoms with van der Waals surface area (Å²) in [6.45, 7) is 0. The molecule has 9 heavy (non-hydrogen) atoms. The second-order valence-electron chi connectivity index (χ2n) is 0.476. The van der Waals surface area contributed by atoms with Gasteiger partial charge in [-0.3, -0.25) is 8.42 Å². The van der Waals surface area contributed by atoms with Crippen LogP contribution < -0.4 is 0 Å². The molecule has 0 saturated heterocycles. The average molecular weight is 215 g/mol. The number of rotatable bonds is 0. The Morgan fingerprint density at radius 2 is 1.11 bits per heavy atom. The third kappa shape index (κ3) is 7210. The van der Waals surface area contributed by atoms with Crippen molar-refractivity contribution < 1.29 is 43.0 Å². The van der Waals surface area contributed by atoms with Gasteiger partial charge in [0.2, 0.25) is 0 Å². The third-order valence-corrected chi connectivity index (χ3v) is 0. The van der Waals surface area contributed by atoms with Crippen molar-refractivity contribution in [2.75, 3.05) is 0 Å². The Morgan fingerprint density at radius 1 is 1.11 bits per heavy atom. The standard InChI is InChI=1S/Mn.H2O4S.O2S/c;1-5(2,3)4;1-3-2/h;(H2,1,2,3,4);/q+2;;/p-2. The summed E-state index contributed by atoms with van der Waals surface area (Å²) >= 11 is -0.750. The Hall–Kier alpha value is 0.209. The minimum absolute atomic E-state index is 0. The minimum Gasteiger partial charge on any atom is -0.759 e. The second kappa shape index (κ2) is 8.21. The smallest absolute Gasteiger partial charge is 0.759 e. The second-order valence-corrected chi connectivity index (χ2v) is 1.43. The maximum atomic E-state index is 8.52. The number of hydrogen-bond donors (Lipinski definition) is 0. The van der Waals surface area contributed by atoms with E-state index >= 15 is 0 Å². The molecule has 0 aliphatic rings. The van der Waals surface area contributed by atoms with Crippen molar-refractivity contribution in [3.8, 4) is 0 Å². The van der Waals surface area contributed by atoms with Crippen LogP contribution in [0.5, 0.6) is 0 Å². The summed E-state index contributed by atoms with van der Waals surface area (Å²) in [6.07, 6.45) is 0. The third-order valence-electron chi connectivity index (χ3n) is 0. The molecule has 0 saturated carbocycles. The van der Waals surface area contributed by atoms with Crippen molar-refractivity contribution in [1.82, 2.24) is 0 Å². The van der Waals surface area contributed by atoms with Crippen LogP contribution in [0.15, 0.2) is 0 Å². The van der Waals surface area contributed by atoms with Gasteiger partial charge in [-0.15, -0.1) is 0 Å². The van der Waals surface area contributed by atoms with Crippen LogP contribution in [0.25, 0.3) is 0 Å². The van der Waals surface area contributed by atoms with Crippen molar-refractivity contribution in [3.05, 3.63) is 0 Å². The van der Waals surface area contributed by atoms with Crippen molar-refractivity contribution in [2.24, 2.45) is 0 Å². The quantitative estimate of drug-likeness (QED) is 0.262. The Balaban J connectivity index is -0.0000000800. The Morgan fingerprint density at radius 3 is 1.11 bits per heavy atom. The molecule has 0 aromatic rings. The molecule has 0 amide bonds. The van der Waals surface area contributed by atoms with E-state index in [9.17, 15) is 0 Å². The fraction of sp³-hybridized carbons (Fsp3) is 0. The molecule has 0 aliphatic heterocycles. The van der Waals surface area contributed by atoms with E-state index in [1.54, 1.807) is 0 Å². The molecule has 0 unspecified atom stereocenters. The zero-order valence-corrected chi connectivity index (χ0v) is 6.46. The van der Waals surface area contributed by atoms with E-state index in [0.717, 1.165) is 0 Å². The largest absolute Gasteiger partial charge is 2.00 e. The van der Waals surface area contributed by atoms with Gasteiger partial charge in [0.05, 0.1) is 0 Å². The molecule has 6 nitrogen and oxygen atoms in total. The molecular weight excluding hydrogens is 215 g/mol. The van der Waals surface area contributed by atoms with Gasteiger partial charge in [-0.05, 0) is 0 Å². The van der Waals surface area contributed by atoms with Crippen LogP contribution in [0, 0.1) is 0 Å². The summed E-state index contributed by atoms with van der Waals surface area (Å²) in [7, 11) is -5.17. The molecule has 1 radical (unpaired) electrons. The molecule has 0 rings (SSSR count). The molecule has 0 aliphatic carbocycles. The molecule has 9 heteroatoms. The van der Waals surface area contributed by atoms with Gasteiger partial charge in [0.15, 0.2) is 0 Å². The predicted octanol–water partition coefficient (Wildman–Crippen LogP) is -2.01. The van der Waals surface area contributed by atoms with Gasteiger partial charge in [0.25, 0.3) is 0 Å². The summed E-state index contributed by atoms with van der Waals surface area (Å²) in [5, 5.41) is 0. The topological polar surface area (TPSA) is 114 Å². The van der Waals surface area contributed by atoms with Crippen LogP contribution in [0.1, 0.15) is 0 Å². The monoisotopic (exact) mass is 215 g/mol. The molecule has 0 aromatic carbocycles. The maximum Gasteiger partial charge on any atom is 2.00 e. The Bertz CT molecular complexity index is 151. The van der Waals surface area contributed by atoms with E-state index < -0.39 is 22.0 Å². The molecule has 0 atom stereocenters. The van der Waals surface area contributed by atoms with E-state index in [2.05, 4.69) is 0 Å². The van der Waals surface area contributed by atoms with E-state index in [-0.39, 0.29) is 17.1 Å². The summed E-state index contributed by atoms with van der Waals surface area (Å²) in [5.74, 6) is 0. The maximum absolute atomic E-state index is 8.52. The van der Waals surface area contributed by atoms with Crippen LogP contribution in [-0.4, -0.2) is 25.9 Å². The van der Waals surface area contributed by atoms with E-state index in [4.69, 9.17) is 25.9 Å². The van der Waals surface area contributed by atoms with E-state index in [1.807, 2.05) is 0 Å². The van der Waals surface area contributed by atoms with Crippen LogP contribution in [-0.2, 0) is 39.0 Å². The molecule has 0 heterocycles. The number of hydrogen-bond acceptors (Lipinski definition) is 6. The van der Waals surface area contributed by atoms with Gasteiger partial charge in [0, 0.05) is 10.4 Å². The van der Waals surface area contributed by atoms with Crippen LogP contribution in [0.3, 0.4) is 0 Å². The average Bonchev–Trinajstić information content (AvgIpc) is 1.27. The molecular formula is MnO6S2. The van der Waals surface area contributed by atoms with Gasteiger partial charge >= 0.3 is 28.6 Å². The summed E-state index contributed by atoms with van der Waals surface area (Å²) < 4.78 is 50.7.